The van der Waals surface area contributed by atoms with E-state index in [-0.39, 0.29) is 12.5 Å². The molecule has 0 saturated carbocycles. The molecule has 152 valence electrons. The maximum absolute atomic E-state index is 12.9. The number of carbonyl (C=O) groups excluding carboxylic acids is 1. The smallest absolute Gasteiger partial charge is 0.276 e. The van der Waals surface area contributed by atoms with Gasteiger partial charge in [0.1, 0.15) is 6.54 Å². The zero-order valence-electron chi connectivity index (χ0n) is 17.1. The Morgan fingerprint density at radius 1 is 1.07 bits per heavy atom. The van der Waals surface area contributed by atoms with Gasteiger partial charge in [0.2, 0.25) is 5.89 Å². The third-order valence-corrected chi connectivity index (χ3v) is 4.86. The summed E-state index contributed by atoms with van der Waals surface area (Å²) in [6.07, 6.45) is 0.678. The van der Waals surface area contributed by atoms with Crippen molar-refractivity contribution in [1.82, 2.24) is 30.0 Å². The first-order chi connectivity index (χ1) is 14.6. The highest BCUT2D eigenvalue weighted by Gasteiger charge is 2.22. The number of carbonyl (C=O) groups is 1. The zero-order valence-corrected chi connectivity index (χ0v) is 17.1. The monoisotopic (exact) mass is 402 g/mol. The maximum atomic E-state index is 12.9. The standard InChI is InChI=1S/C22H22N6O2/c1-4-19-23-20(30-25-19)14-27(3)22(29)21-15(2)28(26-24-21)18-12-10-17(11-13-18)16-8-6-5-7-9-16/h5-13H,4,14H2,1-3H3. The molecule has 0 radical (unpaired) electrons. The molecule has 0 bridgehead atoms. The second-order valence-electron chi connectivity index (χ2n) is 6.97. The Labute approximate surface area is 174 Å². The molecule has 0 aliphatic rings. The minimum Gasteiger partial charge on any atom is -0.337 e. The molecule has 0 saturated heterocycles. The first-order valence-electron chi connectivity index (χ1n) is 9.72. The van der Waals surface area contributed by atoms with Crippen LogP contribution in [0.1, 0.15) is 34.8 Å². The second-order valence-corrected chi connectivity index (χ2v) is 6.97. The topological polar surface area (TPSA) is 89.9 Å². The Morgan fingerprint density at radius 3 is 2.43 bits per heavy atom. The quantitative estimate of drug-likeness (QED) is 0.491. The van der Waals surface area contributed by atoms with Gasteiger partial charge in [-0.1, -0.05) is 59.8 Å². The summed E-state index contributed by atoms with van der Waals surface area (Å²) in [5, 5.41) is 12.1. The van der Waals surface area contributed by atoms with Gasteiger partial charge in [-0.25, -0.2) is 4.68 Å². The number of hydrogen-bond acceptors (Lipinski definition) is 6. The second kappa shape index (κ2) is 8.28. The van der Waals surface area contributed by atoms with E-state index in [2.05, 4.69) is 32.6 Å². The fourth-order valence-corrected chi connectivity index (χ4v) is 3.15. The van der Waals surface area contributed by atoms with E-state index in [1.165, 1.54) is 4.90 Å². The van der Waals surface area contributed by atoms with Crippen LogP contribution in [0.25, 0.3) is 16.8 Å². The molecule has 2 aromatic carbocycles. The van der Waals surface area contributed by atoms with Crippen LogP contribution in [0.15, 0.2) is 59.1 Å². The van der Waals surface area contributed by atoms with Crippen LogP contribution in [0.5, 0.6) is 0 Å². The van der Waals surface area contributed by atoms with Gasteiger partial charge in [0.15, 0.2) is 11.5 Å². The minimum atomic E-state index is -0.254. The lowest BCUT2D eigenvalue weighted by Crippen LogP contribution is -2.27. The van der Waals surface area contributed by atoms with Crippen molar-refractivity contribution in [2.45, 2.75) is 26.8 Å². The molecule has 2 aromatic heterocycles. The Bertz CT molecular complexity index is 1150. The van der Waals surface area contributed by atoms with Crippen molar-refractivity contribution < 1.29 is 9.32 Å². The molecule has 0 spiro atoms. The zero-order chi connectivity index (χ0) is 21.1. The predicted octanol–water partition coefficient (Wildman–Crippen LogP) is 3.46. The normalized spacial score (nSPS) is 10.9. The summed E-state index contributed by atoms with van der Waals surface area (Å²) in [7, 11) is 1.67. The van der Waals surface area contributed by atoms with Crippen molar-refractivity contribution in [3.63, 3.8) is 0 Å². The Kier molecular flexibility index (Phi) is 5.38. The van der Waals surface area contributed by atoms with E-state index < -0.39 is 0 Å². The average Bonchev–Trinajstić information content (AvgIpc) is 3.40. The number of nitrogens with zero attached hydrogens (tertiary/aromatic N) is 6. The molecule has 0 fully saturated rings. The summed E-state index contributed by atoms with van der Waals surface area (Å²) in [4.78, 5) is 18.6. The van der Waals surface area contributed by atoms with Gasteiger partial charge in [-0.2, -0.15) is 4.98 Å². The van der Waals surface area contributed by atoms with Crippen molar-refractivity contribution >= 4 is 5.91 Å². The molecule has 0 unspecified atom stereocenters. The lowest BCUT2D eigenvalue weighted by Gasteiger charge is -2.13. The number of hydrogen-bond donors (Lipinski definition) is 0. The summed E-state index contributed by atoms with van der Waals surface area (Å²) < 4.78 is 6.83. The molecule has 0 aliphatic carbocycles. The van der Waals surface area contributed by atoms with Crippen LogP contribution in [0.2, 0.25) is 0 Å². The molecule has 4 aromatic rings. The predicted molar refractivity (Wildman–Crippen MR) is 111 cm³/mol. The number of aryl methyl sites for hydroxylation is 1. The molecule has 4 rings (SSSR count). The van der Waals surface area contributed by atoms with E-state index in [4.69, 9.17) is 4.52 Å². The van der Waals surface area contributed by atoms with E-state index in [1.807, 2.05) is 56.3 Å². The van der Waals surface area contributed by atoms with E-state index in [9.17, 15) is 4.79 Å². The SMILES string of the molecule is CCc1noc(CN(C)C(=O)c2nnn(-c3ccc(-c4ccccc4)cc3)c2C)n1. The van der Waals surface area contributed by atoms with Gasteiger partial charge >= 0.3 is 0 Å². The Hall–Kier alpha value is -3.81. The highest BCUT2D eigenvalue weighted by Crippen LogP contribution is 2.21. The summed E-state index contributed by atoms with van der Waals surface area (Å²) in [5.41, 5.74) is 4.05. The average molecular weight is 402 g/mol. The molecular formula is C22H22N6O2. The van der Waals surface area contributed by atoms with Crippen LogP contribution in [0.4, 0.5) is 0 Å². The number of aromatic nitrogens is 5. The third kappa shape index (κ3) is 3.84. The summed E-state index contributed by atoms with van der Waals surface area (Å²) in [6.45, 7) is 3.98. The summed E-state index contributed by atoms with van der Waals surface area (Å²) >= 11 is 0. The lowest BCUT2D eigenvalue weighted by atomic mass is 10.1. The van der Waals surface area contributed by atoms with Gasteiger partial charge in [-0.3, -0.25) is 4.79 Å². The van der Waals surface area contributed by atoms with E-state index in [0.717, 1.165) is 16.8 Å². The first kappa shape index (κ1) is 19.5. The minimum absolute atomic E-state index is 0.212. The van der Waals surface area contributed by atoms with Crippen molar-refractivity contribution in [3.8, 4) is 16.8 Å². The van der Waals surface area contributed by atoms with Gasteiger partial charge in [-0.15, -0.1) is 5.10 Å². The van der Waals surface area contributed by atoms with Crippen LogP contribution in [0.3, 0.4) is 0 Å². The van der Waals surface area contributed by atoms with Crippen molar-refractivity contribution in [3.05, 3.63) is 77.7 Å². The molecule has 1 amide bonds. The van der Waals surface area contributed by atoms with Crippen LogP contribution < -0.4 is 0 Å². The van der Waals surface area contributed by atoms with Crippen LogP contribution in [0, 0.1) is 6.92 Å². The molecule has 8 heteroatoms. The fraction of sp³-hybridized carbons (Fsp3) is 0.227. The maximum Gasteiger partial charge on any atom is 0.276 e. The molecule has 0 aliphatic heterocycles. The molecule has 30 heavy (non-hydrogen) atoms. The molecule has 0 atom stereocenters. The van der Waals surface area contributed by atoms with E-state index in [1.54, 1.807) is 11.7 Å². The highest BCUT2D eigenvalue weighted by molar-refractivity contribution is 5.93. The van der Waals surface area contributed by atoms with E-state index in [0.29, 0.717) is 29.5 Å². The summed E-state index contributed by atoms with van der Waals surface area (Å²) in [5.74, 6) is 0.757. The molecular weight excluding hydrogens is 380 g/mol. The molecule has 2 heterocycles. The molecule has 8 nitrogen and oxygen atoms in total. The number of amides is 1. The third-order valence-electron chi connectivity index (χ3n) is 4.86. The van der Waals surface area contributed by atoms with Crippen molar-refractivity contribution in [1.29, 1.82) is 0 Å². The van der Waals surface area contributed by atoms with Crippen molar-refractivity contribution in [2.75, 3.05) is 7.05 Å². The highest BCUT2D eigenvalue weighted by atomic mass is 16.5. The number of rotatable bonds is 6. The van der Waals surface area contributed by atoms with Crippen LogP contribution >= 0.6 is 0 Å². The lowest BCUT2D eigenvalue weighted by molar-refractivity contribution is 0.0763. The fourth-order valence-electron chi connectivity index (χ4n) is 3.15. The largest absolute Gasteiger partial charge is 0.337 e. The van der Waals surface area contributed by atoms with Gasteiger partial charge < -0.3 is 9.42 Å². The first-order valence-corrected chi connectivity index (χ1v) is 9.72. The van der Waals surface area contributed by atoms with Crippen molar-refractivity contribution in [2.24, 2.45) is 0 Å². The van der Waals surface area contributed by atoms with E-state index >= 15 is 0 Å². The van der Waals surface area contributed by atoms with Gasteiger partial charge in [0.25, 0.3) is 5.91 Å². The Morgan fingerprint density at radius 2 is 1.77 bits per heavy atom. The van der Waals surface area contributed by atoms with Gasteiger partial charge in [0.05, 0.1) is 11.4 Å². The van der Waals surface area contributed by atoms with Crippen LogP contribution in [-0.2, 0) is 13.0 Å². The van der Waals surface area contributed by atoms with Gasteiger partial charge in [-0.05, 0) is 30.2 Å². The molecule has 0 N–H and O–H groups in total. The Balaban J connectivity index is 1.52. The number of benzene rings is 2. The van der Waals surface area contributed by atoms with Gasteiger partial charge in [0, 0.05) is 13.5 Å². The van der Waals surface area contributed by atoms with Crippen LogP contribution in [-0.4, -0.2) is 43.0 Å². The summed E-state index contributed by atoms with van der Waals surface area (Å²) in [6, 6.07) is 18.1.